The first-order valence-electron chi connectivity index (χ1n) is 15.2. The van der Waals surface area contributed by atoms with E-state index in [4.69, 9.17) is 0 Å². The second kappa shape index (κ2) is 8.90. The molecule has 0 spiro atoms. The van der Waals surface area contributed by atoms with Gasteiger partial charge < -0.3 is 0 Å². The standard InChI is InChI=1S/C43H30/c1-43(2)37-22-11-10-17-30(37)31-20-12-21-33-35(25-26-38(43)40(31)33)42-34-19-9-8-18-32(34)39(28-14-4-3-5-15-28)36-24-23-27-13-6-7-16-29(27)41(36)42/h3-26H,1-2H3. The Morgan fingerprint density at radius 2 is 1.00 bits per heavy atom. The Bertz CT molecular complexity index is 2410. The molecule has 8 aromatic rings. The Morgan fingerprint density at radius 1 is 0.349 bits per heavy atom. The van der Waals surface area contributed by atoms with Crippen LogP contribution in [0, 0.1) is 0 Å². The summed E-state index contributed by atoms with van der Waals surface area (Å²) in [4.78, 5) is 0. The second-order valence-corrected chi connectivity index (χ2v) is 12.4. The quantitative estimate of drug-likeness (QED) is 0.149. The van der Waals surface area contributed by atoms with Gasteiger partial charge in [0.2, 0.25) is 0 Å². The summed E-state index contributed by atoms with van der Waals surface area (Å²) in [6, 6.07) is 54.1. The van der Waals surface area contributed by atoms with Crippen LogP contribution < -0.4 is 0 Å². The smallest absolute Gasteiger partial charge is 0.0159 e. The molecule has 0 saturated heterocycles. The minimum absolute atomic E-state index is 0.0876. The van der Waals surface area contributed by atoms with Gasteiger partial charge in [0.15, 0.2) is 0 Å². The largest absolute Gasteiger partial charge is 0.0622 e. The maximum absolute atomic E-state index is 2.41. The van der Waals surface area contributed by atoms with Crippen LogP contribution >= 0.6 is 0 Å². The molecule has 0 aliphatic heterocycles. The van der Waals surface area contributed by atoms with Crippen molar-refractivity contribution in [3.8, 4) is 33.4 Å². The summed E-state index contributed by atoms with van der Waals surface area (Å²) in [6.45, 7) is 4.76. The summed E-state index contributed by atoms with van der Waals surface area (Å²) in [7, 11) is 0. The van der Waals surface area contributed by atoms with Crippen LogP contribution in [0.15, 0.2) is 146 Å². The van der Waals surface area contributed by atoms with E-state index in [1.165, 1.54) is 87.6 Å². The fraction of sp³-hybridized carbons (Fsp3) is 0.0698. The summed E-state index contributed by atoms with van der Waals surface area (Å²) in [5.41, 5.74) is 10.6. The number of benzene rings is 8. The van der Waals surface area contributed by atoms with E-state index in [1.54, 1.807) is 0 Å². The molecule has 0 N–H and O–H groups in total. The summed E-state index contributed by atoms with van der Waals surface area (Å²) in [5, 5.41) is 10.5. The van der Waals surface area contributed by atoms with Crippen LogP contribution in [0.25, 0.3) is 76.5 Å². The molecule has 0 bridgehead atoms. The fourth-order valence-electron chi connectivity index (χ4n) is 7.92. The molecule has 0 heteroatoms. The molecule has 0 unspecified atom stereocenters. The Labute approximate surface area is 251 Å². The van der Waals surface area contributed by atoms with Gasteiger partial charge >= 0.3 is 0 Å². The number of fused-ring (bicyclic) bond motifs is 6. The molecule has 202 valence electrons. The Hall–Kier alpha value is -5.20. The van der Waals surface area contributed by atoms with Crippen LogP contribution in [-0.4, -0.2) is 0 Å². The van der Waals surface area contributed by atoms with E-state index < -0.39 is 0 Å². The zero-order valence-corrected chi connectivity index (χ0v) is 24.4. The van der Waals surface area contributed by atoms with E-state index in [1.807, 2.05) is 0 Å². The summed E-state index contributed by atoms with van der Waals surface area (Å²) in [5.74, 6) is 0. The Kier molecular flexibility index (Phi) is 5.05. The molecule has 0 amide bonds. The van der Waals surface area contributed by atoms with Crippen molar-refractivity contribution in [2.75, 3.05) is 0 Å². The molecule has 0 heterocycles. The average Bonchev–Trinajstić information content (AvgIpc) is 3.06. The highest BCUT2D eigenvalue weighted by Gasteiger charge is 2.34. The number of hydrogen-bond acceptors (Lipinski definition) is 0. The third-order valence-corrected chi connectivity index (χ3v) is 9.85. The van der Waals surface area contributed by atoms with Crippen LogP contribution in [0.4, 0.5) is 0 Å². The van der Waals surface area contributed by atoms with Gasteiger partial charge in [-0.05, 0) is 87.6 Å². The maximum Gasteiger partial charge on any atom is 0.0159 e. The fourth-order valence-corrected chi connectivity index (χ4v) is 7.92. The van der Waals surface area contributed by atoms with Crippen molar-refractivity contribution in [3.63, 3.8) is 0 Å². The van der Waals surface area contributed by atoms with Crippen molar-refractivity contribution in [1.29, 1.82) is 0 Å². The van der Waals surface area contributed by atoms with E-state index in [-0.39, 0.29) is 5.41 Å². The van der Waals surface area contributed by atoms with E-state index in [2.05, 4.69) is 159 Å². The lowest BCUT2D eigenvalue weighted by Gasteiger charge is -2.35. The van der Waals surface area contributed by atoms with Gasteiger partial charge in [0.25, 0.3) is 0 Å². The number of rotatable bonds is 2. The third-order valence-electron chi connectivity index (χ3n) is 9.85. The predicted molar refractivity (Wildman–Crippen MR) is 185 cm³/mol. The molecule has 1 aliphatic carbocycles. The molecule has 8 aromatic carbocycles. The minimum Gasteiger partial charge on any atom is -0.0622 e. The van der Waals surface area contributed by atoms with Gasteiger partial charge in [-0.3, -0.25) is 0 Å². The Morgan fingerprint density at radius 3 is 1.84 bits per heavy atom. The zero-order chi connectivity index (χ0) is 28.7. The van der Waals surface area contributed by atoms with Crippen LogP contribution in [0.5, 0.6) is 0 Å². The van der Waals surface area contributed by atoms with E-state index in [9.17, 15) is 0 Å². The monoisotopic (exact) mass is 546 g/mol. The van der Waals surface area contributed by atoms with Gasteiger partial charge in [-0.2, -0.15) is 0 Å². The predicted octanol–water partition coefficient (Wildman–Crippen LogP) is 11.9. The molecule has 0 aromatic heterocycles. The first-order valence-corrected chi connectivity index (χ1v) is 15.2. The second-order valence-electron chi connectivity index (χ2n) is 12.4. The molecular weight excluding hydrogens is 516 g/mol. The van der Waals surface area contributed by atoms with Crippen LogP contribution in [0.2, 0.25) is 0 Å². The van der Waals surface area contributed by atoms with Gasteiger partial charge in [-0.1, -0.05) is 159 Å². The highest BCUT2D eigenvalue weighted by atomic mass is 14.4. The van der Waals surface area contributed by atoms with Gasteiger partial charge in [0.05, 0.1) is 0 Å². The summed E-state index contributed by atoms with van der Waals surface area (Å²) < 4.78 is 0. The molecule has 0 nitrogen and oxygen atoms in total. The van der Waals surface area contributed by atoms with Gasteiger partial charge in [0.1, 0.15) is 0 Å². The van der Waals surface area contributed by atoms with Crippen LogP contribution in [0.1, 0.15) is 25.0 Å². The van der Waals surface area contributed by atoms with Gasteiger partial charge in [0, 0.05) is 5.41 Å². The van der Waals surface area contributed by atoms with Crippen molar-refractivity contribution >= 4 is 43.1 Å². The summed E-state index contributed by atoms with van der Waals surface area (Å²) >= 11 is 0. The van der Waals surface area contributed by atoms with Gasteiger partial charge in [-0.25, -0.2) is 0 Å². The molecule has 0 fully saturated rings. The van der Waals surface area contributed by atoms with Crippen molar-refractivity contribution < 1.29 is 0 Å². The first-order chi connectivity index (χ1) is 21.1. The molecule has 0 radical (unpaired) electrons. The Balaban J connectivity index is 1.51. The molecule has 0 atom stereocenters. The van der Waals surface area contributed by atoms with E-state index >= 15 is 0 Å². The number of hydrogen-bond donors (Lipinski definition) is 0. The molecule has 0 saturated carbocycles. The van der Waals surface area contributed by atoms with Crippen molar-refractivity contribution in [2.45, 2.75) is 19.3 Å². The third kappa shape index (κ3) is 3.32. The topological polar surface area (TPSA) is 0 Å². The summed E-state index contributed by atoms with van der Waals surface area (Å²) in [6.07, 6.45) is 0. The minimum atomic E-state index is -0.0876. The zero-order valence-electron chi connectivity index (χ0n) is 24.4. The highest BCUT2D eigenvalue weighted by molar-refractivity contribution is 6.29. The van der Waals surface area contributed by atoms with Gasteiger partial charge in [-0.15, -0.1) is 0 Å². The van der Waals surface area contributed by atoms with E-state index in [0.717, 1.165) is 0 Å². The lowest BCUT2D eigenvalue weighted by Crippen LogP contribution is -2.23. The average molecular weight is 547 g/mol. The molecular formula is C43H30. The molecule has 1 aliphatic rings. The molecule has 9 rings (SSSR count). The molecule has 43 heavy (non-hydrogen) atoms. The van der Waals surface area contributed by atoms with Crippen LogP contribution in [0.3, 0.4) is 0 Å². The van der Waals surface area contributed by atoms with Crippen molar-refractivity contribution in [1.82, 2.24) is 0 Å². The SMILES string of the molecule is CC1(C)c2ccccc2-c2cccc3c(-c4c5ccccc5c(-c5ccccc5)c5ccc6ccccc6c45)ccc1c23. The van der Waals surface area contributed by atoms with Crippen LogP contribution in [-0.2, 0) is 5.41 Å². The lowest BCUT2D eigenvalue weighted by molar-refractivity contribution is 0.645. The van der Waals surface area contributed by atoms with Crippen molar-refractivity contribution in [3.05, 3.63) is 157 Å². The maximum atomic E-state index is 2.41. The van der Waals surface area contributed by atoms with E-state index in [0.29, 0.717) is 0 Å². The normalized spacial score (nSPS) is 13.5. The lowest BCUT2D eigenvalue weighted by atomic mass is 9.68. The van der Waals surface area contributed by atoms with Crippen molar-refractivity contribution in [2.24, 2.45) is 0 Å². The highest BCUT2D eigenvalue weighted by Crippen LogP contribution is 2.52. The first kappa shape index (κ1) is 24.4.